The zero-order valence-electron chi connectivity index (χ0n) is 23.4. The van der Waals surface area contributed by atoms with Gasteiger partial charge in [-0.1, -0.05) is 32.4 Å². The summed E-state index contributed by atoms with van der Waals surface area (Å²) < 4.78 is 21.9. The minimum atomic E-state index is -0.242. The monoisotopic (exact) mass is 570 g/mol. The molecule has 1 aliphatic carbocycles. The molecule has 0 saturated carbocycles. The van der Waals surface area contributed by atoms with E-state index >= 15 is 0 Å². The molecule has 39 heavy (non-hydrogen) atoms. The zero-order chi connectivity index (χ0) is 28.3. The van der Waals surface area contributed by atoms with Gasteiger partial charge in [-0.05, 0) is 60.4 Å². The van der Waals surface area contributed by atoms with Crippen molar-refractivity contribution in [1.29, 1.82) is 0 Å². The second-order valence-electron chi connectivity index (χ2n) is 10.5. The second kappa shape index (κ2) is 11.9. The Hall–Kier alpha value is -3.23. The number of hydrogen-bond acceptors (Lipinski definition) is 7. The van der Waals surface area contributed by atoms with E-state index in [-0.39, 0.29) is 11.3 Å². The summed E-state index contributed by atoms with van der Waals surface area (Å²) in [6.07, 6.45) is 4.45. The number of fused-ring (bicyclic) bond motifs is 1. The predicted molar refractivity (Wildman–Crippen MR) is 159 cm³/mol. The summed E-state index contributed by atoms with van der Waals surface area (Å²) in [7, 11) is 6.30. The highest BCUT2D eigenvalue weighted by molar-refractivity contribution is 7.16. The molecule has 1 aromatic heterocycles. The van der Waals surface area contributed by atoms with Crippen molar-refractivity contribution in [2.45, 2.75) is 40.0 Å². The lowest BCUT2D eigenvalue weighted by molar-refractivity contribution is 0.102. The Morgan fingerprint density at radius 2 is 1.67 bits per heavy atom. The lowest BCUT2D eigenvalue weighted by Crippen LogP contribution is -2.27. The molecule has 0 aliphatic heterocycles. The lowest BCUT2D eigenvalue weighted by atomic mass is 9.72. The standard InChI is InChI=1S/C30H35ClN2O5S/c1-30(2,3)18-8-10-20-26(13-18)39-29(27(20)28(34)33-21-14-19(31)9-11-22(21)35-4)32-16-17-12-24(37-6)25(38-7)15-23(17)36-5/h9,11-12,14-16,18H,8,10,13H2,1-7H3,(H,33,34)/t18-/m0/s1. The molecule has 1 amide bonds. The molecule has 0 fully saturated rings. The number of methoxy groups -OCH3 is 4. The van der Waals surface area contributed by atoms with Crippen LogP contribution in [-0.2, 0) is 12.8 Å². The van der Waals surface area contributed by atoms with E-state index in [0.717, 1.165) is 24.8 Å². The van der Waals surface area contributed by atoms with Gasteiger partial charge in [0.1, 0.15) is 16.5 Å². The first-order chi connectivity index (χ1) is 18.6. The van der Waals surface area contributed by atoms with E-state index in [1.54, 1.807) is 76.3 Å². The normalized spacial score (nSPS) is 15.1. The van der Waals surface area contributed by atoms with Crippen LogP contribution in [0.5, 0.6) is 23.0 Å². The quantitative estimate of drug-likeness (QED) is 0.282. The number of carbonyl (C=O) groups excluding carboxylic acids is 1. The van der Waals surface area contributed by atoms with Gasteiger partial charge in [-0.2, -0.15) is 0 Å². The Morgan fingerprint density at radius 1 is 1.00 bits per heavy atom. The summed E-state index contributed by atoms with van der Waals surface area (Å²) >= 11 is 7.79. The van der Waals surface area contributed by atoms with Gasteiger partial charge in [0.15, 0.2) is 11.5 Å². The summed E-state index contributed by atoms with van der Waals surface area (Å²) in [5.41, 5.74) is 3.03. The number of aliphatic imine (C=N–C) groups is 1. The maximum atomic E-state index is 13.8. The average molecular weight is 571 g/mol. The number of carbonyl (C=O) groups is 1. The molecule has 1 heterocycles. The van der Waals surface area contributed by atoms with Crippen molar-refractivity contribution in [3.05, 3.63) is 56.9 Å². The summed E-state index contributed by atoms with van der Waals surface area (Å²) in [5.74, 6) is 2.51. The van der Waals surface area contributed by atoms with Crippen LogP contribution in [0.2, 0.25) is 5.02 Å². The predicted octanol–water partition coefficient (Wildman–Crippen LogP) is 7.59. The second-order valence-corrected chi connectivity index (χ2v) is 12.0. The molecule has 0 radical (unpaired) electrons. The molecule has 9 heteroatoms. The topological polar surface area (TPSA) is 78.4 Å². The fourth-order valence-corrected chi connectivity index (χ4v) is 6.32. The first-order valence-electron chi connectivity index (χ1n) is 12.7. The van der Waals surface area contributed by atoms with E-state index < -0.39 is 0 Å². The summed E-state index contributed by atoms with van der Waals surface area (Å²) in [6, 6.07) is 8.70. The number of nitrogens with one attached hydrogen (secondary N) is 1. The van der Waals surface area contributed by atoms with Gasteiger partial charge in [-0.15, -0.1) is 11.3 Å². The maximum absolute atomic E-state index is 13.8. The number of hydrogen-bond donors (Lipinski definition) is 1. The third-order valence-electron chi connectivity index (χ3n) is 7.17. The maximum Gasteiger partial charge on any atom is 0.259 e. The van der Waals surface area contributed by atoms with Crippen LogP contribution in [0.25, 0.3) is 0 Å². The largest absolute Gasteiger partial charge is 0.496 e. The number of benzene rings is 2. The van der Waals surface area contributed by atoms with Crippen LogP contribution in [0.4, 0.5) is 10.7 Å². The molecule has 1 atom stereocenters. The van der Waals surface area contributed by atoms with Crippen LogP contribution in [0.3, 0.4) is 0 Å². The third kappa shape index (κ3) is 6.17. The molecular weight excluding hydrogens is 536 g/mol. The fraction of sp³-hybridized carbons (Fsp3) is 0.400. The molecule has 4 rings (SSSR count). The van der Waals surface area contributed by atoms with Crippen molar-refractivity contribution in [1.82, 2.24) is 0 Å². The Balaban J connectivity index is 1.78. The minimum absolute atomic E-state index is 0.175. The molecular formula is C30H35ClN2O5S. The molecule has 208 valence electrons. The number of halogens is 1. The van der Waals surface area contributed by atoms with Gasteiger partial charge in [0, 0.05) is 27.7 Å². The Labute approximate surface area is 239 Å². The van der Waals surface area contributed by atoms with Crippen LogP contribution in [-0.4, -0.2) is 40.6 Å². The van der Waals surface area contributed by atoms with Gasteiger partial charge in [0.05, 0.1) is 39.7 Å². The highest BCUT2D eigenvalue weighted by atomic mass is 35.5. The van der Waals surface area contributed by atoms with Crippen molar-refractivity contribution in [3.8, 4) is 23.0 Å². The van der Waals surface area contributed by atoms with Gasteiger partial charge < -0.3 is 24.3 Å². The zero-order valence-corrected chi connectivity index (χ0v) is 25.0. The van der Waals surface area contributed by atoms with Crippen LogP contribution in [0.1, 0.15) is 53.6 Å². The molecule has 2 aromatic carbocycles. The molecule has 0 bridgehead atoms. The highest BCUT2D eigenvalue weighted by Gasteiger charge is 2.34. The highest BCUT2D eigenvalue weighted by Crippen LogP contribution is 2.46. The van der Waals surface area contributed by atoms with Crippen molar-refractivity contribution in [3.63, 3.8) is 0 Å². The average Bonchev–Trinajstić information content (AvgIpc) is 3.28. The number of thiophene rings is 1. The molecule has 0 spiro atoms. The van der Waals surface area contributed by atoms with E-state index in [2.05, 4.69) is 26.1 Å². The summed E-state index contributed by atoms with van der Waals surface area (Å²) in [4.78, 5) is 19.8. The van der Waals surface area contributed by atoms with E-state index in [0.29, 0.717) is 55.8 Å². The van der Waals surface area contributed by atoms with Crippen molar-refractivity contribution in [2.24, 2.45) is 16.3 Å². The van der Waals surface area contributed by atoms with Crippen molar-refractivity contribution >= 4 is 45.7 Å². The molecule has 1 N–H and O–H groups in total. The molecule has 0 saturated heterocycles. The third-order valence-corrected chi connectivity index (χ3v) is 8.56. The van der Waals surface area contributed by atoms with E-state index in [1.165, 1.54) is 4.88 Å². The van der Waals surface area contributed by atoms with Crippen LogP contribution in [0.15, 0.2) is 35.3 Å². The fourth-order valence-electron chi connectivity index (χ4n) is 4.88. The minimum Gasteiger partial charge on any atom is -0.496 e. The number of anilines is 1. The first-order valence-corrected chi connectivity index (χ1v) is 13.9. The van der Waals surface area contributed by atoms with Crippen molar-refractivity contribution < 1.29 is 23.7 Å². The van der Waals surface area contributed by atoms with E-state index in [4.69, 9.17) is 35.5 Å². The smallest absolute Gasteiger partial charge is 0.259 e. The molecule has 7 nitrogen and oxygen atoms in total. The van der Waals surface area contributed by atoms with Crippen molar-refractivity contribution in [2.75, 3.05) is 33.8 Å². The van der Waals surface area contributed by atoms with Crippen LogP contribution >= 0.6 is 22.9 Å². The summed E-state index contributed by atoms with van der Waals surface area (Å²) in [6.45, 7) is 6.83. The number of nitrogens with zero attached hydrogens (tertiary/aromatic N) is 1. The first kappa shape index (κ1) is 28.8. The Bertz CT molecular complexity index is 1390. The Kier molecular flexibility index (Phi) is 8.76. The van der Waals surface area contributed by atoms with E-state index in [9.17, 15) is 4.79 Å². The van der Waals surface area contributed by atoms with E-state index in [1.807, 2.05) is 0 Å². The lowest BCUT2D eigenvalue weighted by Gasteiger charge is -2.33. The summed E-state index contributed by atoms with van der Waals surface area (Å²) in [5, 5.41) is 4.16. The number of ether oxygens (including phenoxy) is 4. The van der Waals surface area contributed by atoms with Gasteiger partial charge in [0.2, 0.25) is 0 Å². The van der Waals surface area contributed by atoms with Gasteiger partial charge in [0.25, 0.3) is 5.91 Å². The molecule has 1 aliphatic rings. The van der Waals surface area contributed by atoms with Gasteiger partial charge >= 0.3 is 0 Å². The van der Waals surface area contributed by atoms with Crippen LogP contribution < -0.4 is 24.3 Å². The van der Waals surface area contributed by atoms with Crippen LogP contribution in [0, 0.1) is 11.3 Å². The number of rotatable bonds is 8. The van der Waals surface area contributed by atoms with Gasteiger partial charge in [-0.3, -0.25) is 4.79 Å². The molecule has 0 unspecified atom stereocenters. The molecule has 3 aromatic rings. The SMILES string of the molecule is COc1cc(OC)c(OC)cc1C=Nc1sc2c(c1C(=O)Nc1cc(Cl)ccc1OC)CC[C@H](C(C)(C)C)C2. The van der Waals surface area contributed by atoms with Gasteiger partial charge in [-0.25, -0.2) is 4.99 Å². The Morgan fingerprint density at radius 3 is 2.31 bits per heavy atom. The number of amides is 1.